The van der Waals surface area contributed by atoms with Gasteiger partial charge >= 0.3 is 5.97 Å². The molecule has 0 fully saturated rings. The van der Waals surface area contributed by atoms with Gasteiger partial charge in [-0.3, -0.25) is 4.79 Å². The Bertz CT molecular complexity index is 914. The summed E-state index contributed by atoms with van der Waals surface area (Å²) in [5.41, 5.74) is 2.32. The van der Waals surface area contributed by atoms with Crippen LogP contribution < -0.4 is 5.32 Å². The van der Waals surface area contributed by atoms with E-state index in [0.29, 0.717) is 15.4 Å². The second kappa shape index (κ2) is 6.70. The first-order valence-corrected chi connectivity index (χ1v) is 9.13. The minimum atomic E-state index is -0.445. The number of aryl methyl sites for hydroxylation is 2. The van der Waals surface area contributed by atoms with Crippen molar-refractivity contribution in [3.63, 3.8) is 0 Å². The number of aromatic nitrogens is 1. The number of fused-ring (bicyclic) bond motifs is 1. The van der Waals surface area contributed by atoms with Gasteiger partial charge in [-0.25, -0.2) is 9.78 Å². The van der Waals surface area contributed by atoms with Gasteiger partial charge in [0.05, 0.1) is 17.2 Å². The number of carbonyl (C=O) groups excluding carboxylic acids is 2. The maximum Gasteiger partial charge on any atom is 0.350 e. The lowest BCUT2D eigenvalue weighted by Crippen LogP contribution is -2.13. The fraction of sp³-hybridized carbons (Fsp3) is 0.235. The first-order valence-electron chi connectivity index (χ1n) is 7.44. The Morgan fingerprint density at radius 1 is 1.33 bits per heavy atom. The minimum absolute atomic E-state index is 0.241. The number of esters is 1. The summed E-state index contributed by atoms with van der Waals surface area (Å²) >= 11 is 2.59. The number of hydrogen-bond acceptors (Lipinski definition) is 6. The largest absolute Gasteiger partial charge is 0.462 e. The molecular formula is C17H16N2O3S2. The van der Waals surface area contributed by atoms with E-state index in [-0.39, 0.29) is 12.5 Å². The van der Waals surface area contributed by atoms with Gasteiger partial charge in [0.2, 0.25) is 0 Å². The molecule has 0 bridgehead atoms. The van der Waals surface area contributed by atoms with Crippen molar-refractivity contribution in [3.05, 3.63) is 44.6 Å². The second-order valence-electron chi connectivity index (χ2n) is 5.22. The van der Waals surface area contributed by atoms with Crippen LogP contribution in [0.3, 0.4) is 0 Å². The minimum Gasteiger partial charge on any atom is -0.462 e. The zero-order valence-corrected chi connectivity index (χ0v) is 15.1. The predicted molar refractivity (Wildman–Crippen MR) is 97.3 cm³/mol. The van der Waals surface area contributed by atoms with E-state index >= 15 is 0 Å². The first-order chi connectivity index (χ1) is 11.5. The lowest BCUT2D eigenvalue weighted by molar-refractivity contribution is 0.0533. The van der Waals surface area contributed by atoms with Gasteiger partial charge < -0.3 is 10.1 Å². The average molecular weight is 360 g/mol. The molecule has 0 spiro atoms. The summed E-state index contributed by atoms with van der Waals surface area (Å²) in [5, 5.41) is 5.50. The molecule has 0 aliphatic rings. The van der Waals surface area contributed by atoms with Crippen LogP contribution in [0.15, 0.2) is 23.6 Å². The molecule has 3 aromatic rings. The third-order valence-corrected chi connectivity index (χ3v) is 5.36. The Hall–Kier alpha value is -2.25. The van der Waals surface area contributed by atoms with Crippen LogP contribution in [0, 0.1) is 13.8 Å². The van der Waals surface area contributed by atoms with Crippen LogP contribution in [0.25, 0.3) is 10.2 Å². The van der Waals surface area contributed by atoms with Crippen LogP contribution in [0.2, 0.25) is 0 Å². The number of pyridine rings is 1. The molecule has 0 saturated heterocycles. The number of hydrogen-bond donors (Lipinski definition) is 1. The van der Waals surface area contributed by atoms with Crippen LogP contribution in [0.4, 0.5) is 5.69 Å². The molecule has 0 atom stereocenters. The van der Waals surface area contributed by atoms with Gasteiger partial charge in [-0.1, -0.05) is 6.07 Å². The summed E-state index contributed by atoms with van der Waals surface area (Å²) in [4.78, 5) is 30.9. The predicted octanol–water partition coefficient (Wildman–Crippen LogP) is 4.40. The fourth-order valence-corrected chi connectivity index (χ4v) is 4.25. The fourth-order valence-electron chi connectivity index (χ4n) is 2.48. The first kappa shape index (κ1) is 16.6. The smallest absolute Gasteiger partial charge is 0.350 e. The Labute approximate surface area is 147 Å². The number of ether oxygens (including phenoxy) is 1. The summed E-state index contributed by atoms with van der Waals surface area (Å²) in [5.74, 6) is -0.686. The molecular weight excluding hydrogens is 344 g/mol. The number of nitrogens with zero attached hydrogens (tertiary/aromatic N) is 1. The van der Waals surface area contributed by atoms with Crippen molar-refractivity contribution < 1.29 is 14.3 Å². The van der Waals surface area contributed by atoms with E-state index in [0.717, 1.165) is 21.5 Å². The van der Waals surface area contributed by atoms with Crippen LogP contribution in [-0.2, 0) is 4.74 Å². The molecule has 124 valence electrons. The molecule has 0 aliphatic heterocycles. The molecule has 3 rings (SSSR count). The normalized spacial score (nSPS) is 10.8. The zero-order valence-electron chi connectivity index (χ0n) is 13.5. The van der Waals surface area contributed by atoms with Crippen LogP contribution >= 0.6 is 22.7 Å². The van der Waals surface area contributed by atoms with Gasteiger partial charge in [0.25, 0.3) is 5.91 Å². The maximum absolute atomic E-state index is 12.5. The van der Waals surface area contributed by atoms with Crippen molar-refractivity contribution >= 4 is 50.5 Å². The molecule has 3 heterocycles. The third-order valence-electron chi connectivity index (χ3n) is 3.43. The van der Waals surface area contributed by atoms with Gasteiger partial charge in [0.1, 0.15) is 9.71 Å². The Balaban J connectivity index is 2.13. The lowest BCUT2D eigenvalue weighted by atomic mass is 10.1. The summed E-state index contributed by atoms with van der Waals surface area (Å²) in [6.45, 7) is 5.87. The van der Waals surface area contributed by atoms with E-state index < -0.39 is 5.97 Å². The van der Waals surface area contributed by atoms with E-state index in [4.69, 9.17) is 4.74 Å². The molecule has 1 N–H and O–H groups in total. The topological polar surface area (TPSA) is 68.3 Å². The Kier molecular flexibility index (Phi) is 4.64. The molecule has 0 unspecified atom stereocenters. The molecule has 24 heavy (non-hydrogen) atoms. The van der Waals surface area contributed by atoms with Crippen molar-refractivity contribution in [1.29, 1.82) is 0 Å². The van der Waals surface area contributed by atoms with E-state index in [1.165, 1.54) is 22.7 Å². The standard InChI is InChI=1S/C17H16N2O3S2/c1-4-22-17(21)14-13(19-15(20)11-6-5-7-23-11)12-9(2)8-10(3)18-16(12)24-14/h5-8H,4H2,1-3H3,(H,19,20). The van der Waals surface area contributed by atoms with Crippen molar-refractivity contribution in [2.75, 3.05) is 11.9 Å². The SMILES string of the molecule is CCOC(=O)c1sc2nc(C)cc(C)c2c1NC(=O)c1cccs1. The highest BCUT2D eigenvalue weighted by atomic mass is 32.1. The van der Waals surface area contributed by atoms with Crippen LogP contribution in [-0.4, -0.2) is 23.5 Å². The maximum atomic E-state index is 12.5. The second-order valence-corrected chi connectivity index (χ2v) is 7.17. The molecule has 1 amide bonds. The highest BCUT2D eigenvalue weighted by molar-refractivity contribution is 7.21. The third kappa shape index (κ3) is 3.05. The molecule has 7 heteroatoms. The number of thiophene rings is 2. The lowest BCUT2D eigenvalue weighted by Gasteiger charge is -2.07. The van der Waals surface area contributed by atoms with Gasteiger partial charge in [0, 0.05) is 11.1 Å². The number of amides is 1. The van der Waals surface area contributed by atoms with Crippen molar-refractivity contribution in [2.45, 2.75) is 20.8 Å². The molecule has 3 aromatic heterocycles. The number of nitrogens with one attached hydrogen (secondary N) is 1. The average Bonchev–Trinajstić information content (AvgIpc) is 3.15. The van der Waals surface area contributed by atoms with Gasteiger partial charge in [-0.05, 0) is 43.8 Å². The number of anilines is 1. The molecule has 0 aromatic carbocycles. The highest BCUT2D eigenvalue weighted by Gasteiger charge is 2.24. The Morgan fingerprint density at radius 3 is 2.79 bits per heavy atom. The van der Waals surface area contributed by atoms with Crippen molar-refractivity contribution in [1.82, 2.24) is 4.98 Å². The summed E-state index contributed by atoms with van der Waals surface area (Å²) in [6, 6.07) is 5.49. The van der Waals surface area contributed by atoms with Crippen LogP contribution in [0.1, 0.15) is 37.5 Å². The monoisotopic (exact) mass is 360 g/mol. The highest BCUT2D eigenvalue weighted by Crippen LogP contribution is 2.38. The number of carbonyl (C=O) groups is 2. The zero-order chi connectivity index (χ0) is 17.3. The Morgan fingerprint density at radius 2 is 2.12 bits per heavy atom. The molecule has 0 aliphatic carbocycles. The van der Waals surface area contributed by atoms with Crippen molar-refractivity contribution in [2.24, 2.45) is 0 Å². The van der Waals surface area contributed by atoms with E-state index in [9.17, 15) is 9.59 Å². The van der Waals surface area contributed by atoms with E-state index in [2.05, 4.69) is 10.3 Å². The quantitative estimate of drug-likeness (QED) is 0.700. The van der Waals surface area contributed by atoms with Gasteiger partial charge in [0.15, 0.2) is 0 Å². The summed E-state index contributed by atoms with van der Waals surface area (Å²) < 4.78 is 5.14. The van der Waals surface area contributed by atoms with Crippen molar-refractivity contribution in [3.8, 4) is 0 Å². The van der Waals surface area contributed by atoms with Gasteiger partial charge in [-0.2, -0.15) is 0 Å². The number of rotatable bonds is 4. The molecule has 0 radical (unpaired) electrons. The van der Waals surface area contributed by atoms with E-state index in [1.54, 1.807) is 13.0 Å². The van der Waals surface area contributed by atoms with Gasteiger partial charge in [-0.15, -0.1) is 22.7 Å². The summed E-state index contributed by atoms with van der Waals surface area (Å²) in [7, 11) is 0. The van der Waals surface area contributed by atoms with E-state index in [1.807, 2.05) is 31.4 Å². The molecule has 5 nitrogen and oxygen atoms in total. The van der Waals surface area contributed by atoms with Crippen LogP contribution in [0.5, 0.6) is 0 Å². The molecule has 0 saturated carbocycles. The summed E-state index contributed by atoms with van der Waals surface area (Å²) in [6.07, 6.45) is 0.